The second-order valence-electron chi connectivity index (χ2n) is 4.45. The van der Waals surface area contributed by atoms with Gasteiger partial charge in [0.05, 0.1) is 6.61 Å². The summed E-state index contributed by atoms with van der Waals surface area (Å²) in [6.07, 6.45) is 7.00. The van der Waals surface area contributed by atoms with Crippen molar-refractivity contribution in [3.63, 3.8) is 0 Å². The van der Waals surface area contributed by atoms with Crippen molar-refractivity contribution in [3.8, 4) is 5.75 Å². The largest absolute Gasteiger partial charge is 0.493 e. The number of para-hydroxylation sites is 1. The summed E-state index contributed by atoms with van der Waals surface area (Å²) in [5.74, 6) is -1.74. The number of hydrogen-bond acceptors (Lipinski definition) is 3. The normalized spacial score (nSPS) is 10.7. The van der Waals surface area contributed by atoms with Crippen molar-refractivity contribution in [2.24, 2.45) is 0 Å². The molecule has 108 valence electrons. The Morgan fingerprint density at radius 2 is 1.95 bits per heavy atom. The number of unbranched alkanes of at least 4 members (excludes halogenated alkanes) is 3. The lowest BCUT2D eigenvalue weighted by molar-refractivity contribution is -0.146. The Labute approximate surface area is 119 Å². The predicted molar refractivity (Wildman–Crippen MR) is 77.8 cm³/mol. The molecule has 0 spiro atoms. The highest BCUT2D eigenvalue weighted by Gasteiger charge is 2.06. The zero-order valence-corrected chi connectivity index (χ0v) is 11.7. The van der Waals surface area contributed by atoms with E-state index in [4.69, 9.17) is 9.84 Å². The molecule has 1 aromatic rings. The second kappa shape index (κ2) is 8.91. The minimum Gasteiger partial charge on any atom is -0.493 e. The van der Waals surface area contributed by atoms with E-state index < -0.39 is 11.8 Å². The molecular formula is C16H20O4. The van der Waals surface area contributed by atoms with Gasteiger partial charge in [0.1, 0.15) is 5.75 Å². The van der Waals surface area contributed by atoms with E-state index in [9.17, 15) is 9.59 Å². The first-order chi connectivity index (χ1) is 9.65. The van der Waals surface area contributed by atoms with E-state index in [2.05, 4.69) is 6.92 Å². The summed E-state index contributed by atoms with van der Waals surface area (Å²) in [4.78, 5) is 21.5. The number of ketones is 1. The summed E-state index contributed by atoms with van der Waals surface area (Å²) in [5, 5.41) is 8.52. The summed E-state index contributed by atoms with van der Waals surface area (Å²) in [7, 11) is 0. The highest BCUT2D eigenvalue weighted by atomic mass is 16.5. The highest BCUT2D eigenvalue weighted by Crippen LogP contribution is 2.20. The van der Waals surface area contributed by atoms with Crippen LogP contribution in [0.2, 0.25) is 0 Å². The van der Waals surface area contributed by atoms with Gasteiger partial charge in [0.25, 0.3) is 5.78 Å². The standard InChI is InChI=1S/C16H20O4/c1-2-3-4-7-12-20-15-9-6-5-8-13(15)10-11-14(17)16(18)19/h5-6,8-11H,2-4,7,12H2,1H3,(H,18,19)/b11-10+. The van der Waals surface area contributed by atoms with E-state index in [0.717, 1.165) is 18.9 Å². The first kappa shape index (κ1) is 16.0. The van der Waals surface area contributed by atoms with Crippen LogP contribution in [0.1, 0.15) is 38.2 Å². The van der Waals surface area contributed by atoms with E-state index >= 15 is 0 Å². The Kier molecular flexibility index (Phi) is 7.11. The van der Waals surface area contributed by atoms with Gasteiger partial charge < -0.3 is 9.84 Å². The van der Waals surface area contributed by atoms with Crippen molar-refractivity contribution >= 4 is 17.8 Å². The third kappa shape index (κ3) is 5.69. The number of rotatable bonds is 9. The summed E-state index contributed by atoms with van der Waals surface area (Å²) in [6, 6.07) is 7.25. The molecular weight excluding hydrogens is 256 g/mol. The molecule has 0 atom stereocenters. The van der Waals surface area contributed by atoms with Crippen LogP contribution in [-0.4, -0.2) is 23.5 Å². The maximum atomic E-state index is 11.0. The molecule has 20 heavy (non-hydrogen) atoms. The molecule has 0 aliphatic rings. The first-order valence-corrected chi connectivity index (χ1v) is 6.82. The van der Waals surface area contributed by atoms with E-state index in [1.54, 1.807) is 6.07 Å². The lowest BCUT2D eigenvalue weighted by Gasteiger charge is -2.08. The van der Waals surface area contributed by atoms with E-state index in [-0.39, 0.29) is 0 Å². The van der Waals surface area contributed by atoms with Crippen molar-refractivity contribution < 1.29 is 19.4 Å². The molecule has 0 aliphatic carbocycles. The molecule has 4 nitrogen and oxygen atoms in total. The number of carbonyl (C=O) groups is 2. The molecule has 0 heterocycles. The Morgan fingerprint density at radius 3 is 2.65 bits per heavy atom. The number of carboxylic acids is 1. The van der Waals surface area contributed by atoms with Crippen molar-refractivity contribution in [1.29, 1.82) is 0 Å². The van der Waals surface area contributed by atoms with Gasteiger partial charge in [-0.25, -0.2) is 4.79 Å². The molecule has 0 saturated heterocycles. The van der Waals surface area contributed by atoms with Crippen molar-refractivity contribution in [2.45, 2.75) is 32.6 Å². The maximum Gasteiger partial charge on any atom is 0.376 e. The third-order valence-corrected chi connectivity index (χ3v) is 2.80. The van der Waals surface area contributed by atoms with Gasteiger partial charge in [0.15, 0.2) is 0 Å². The first-order valence-electron chi connectivity index (χ1n) is 6.82. The van der Waals surface area contributed by atoms with Gasteiger partial charge in [-0.2, -0.15) is 0 Å². The fourth-order valence-corrected chi connectivity index (χ4v) is 1.70. The Bertz CT molecular complexity index is 477. The number of benzene rings is 1. The van der Waals surface area contributed by atoms with Gasteiger partial charge in [-0.3, -0.25) is 4.79 Å². The predicted octanol–water partition coefficient (Wildman–Crippen LogP) is 3.31. The van der Waals surface area contributed by atoms with E-state index in [1.807, 2.05) is 18.2 Å². The number of ether oxygens (including phenoxy) is 1. The molecule has 0 radical (unpaired) electrons. The van der Waals surface area contributed by atoms with Crippen molar-refractivity contribution in [2.75, 3.05) is 6.61 Å². The zero-order chi connectivity index (χ0) is 14.8. The monoisotopic (exact) mass is 276 g/mol. The molecule has 1 rings (SSSR count). The molecule has 0 amide bonds. The second-order valence-corrected chi connectivity index (χ2v) is 4.45. The van der Waals surface area contributed by atoms with Gasteiger partial charge in [-0.15, -0.1) is 0 Å². The molecule has 0 aromatic heterocycles. The number of carbonyl (C=O) groups excluding carboxylic acids is 1. The lowest BCUT2D eigenvalue weighted by atomic mass is 10.1. The van der Waals surface area contributed by atoms with Gasteiger partial charge >= 0.3 is 5.97 Å². The molecule has 0 fully saturated rings. The maximum absolute atomic E-state index is 11.0. The Morgan fingerprint density at radius 1 is 1.20 bits per heavy atom. The number of hydrogen-bond donors (Lipinski definition) is 1. The molecule has 0 saturated carbocycles. The molecule has 1 aromatic carbocycles. The third-order valence-electron chi connectivity index (χ3n) is 2.80. The quantitative estimate of drug-likeness (QED) is 0.427. The molecule has 4 heteroatoms. The molecule has 0 unspecified atom stereocenters. The van der Waals surface area contributed by atoms with Crippen LogP contribution in [-0.2, 0) is 9.59 Å². The van der Waals surface area contributed by atoms with Crippen LogP contribution in [0.25, 0.3) is 6.08 Å². The number of aliphatic carboxylic acids is 1. The van der Waals surface area contributed by atoms with E-state index in [0.29, 0.717) is 17.9 Å². The van der Waals surface area contributed by atoms with Gasteiger partial charge in [0.2, 0.25) is 0 Å². The summed E-state index contributed by atoms with van der Waals surface area (Å²) >= 11 is 0. The van der Waals surface area contributed by atoms with Crippen LogP contribution in [0.4, 0.5) is 0 Å². The minimum absolute atomic E-state index is 0.623. The topological polar surface area (TPSA) is 63.6 Å². The smallest absolute Gasteiger partial charge is 0.376 e. The minimum atomic E-state index is -1.46. The van der Waals surface area contributed by atoms with Gasteiger partial charge in [-0.05, 0) is 24.6 Å². The van der Waals surface area contributed by atoms with E-state index in [1.165, 1.54) is 18.9 Å². The average molecular weight is 276 g/mol. The zero-order valence-electron chi connectivity index (χ0n) is 11.7. The Balaban J connectivity index is 2.59. The van der Waals surface area contributed by atoms with Crippen molar-refractivity contribution in [3.05, 3.63) is 35.9 Å². The highest BCUT2D eigenvalue weighted by molar-refractivity contribution is 6.38. The lowest BCUT2D eigenvalue weighted by Crippen LogP contribution is -2.08. The molecule has 0 bridgehead atoms. The fraction of sp³-hybridized carbons (Fsp3) is 0.375. The SMILES string of the molecule is CCCCCCOc1ccccc1/C=C/C(=O)C(=O)O. The number of carboxylic acid groups (broad SMARTS) is 1. The molecule has 0 aliphatic heterocycles. The molecule has 1 N–H and O–H groups in total. The summed E-state index contributed by atoms with van der Waals surface area (Å²) in [6.45, 7) is 2.78. The van der Waals surface area contributed by atoms with Crippen LogP contribution in [0.3, 0.4) is 0 Å². The summed E-state index contributed by atoms with van der Waals surface area (Å²) in [5.41, 5.74) is 0.706. The Hall–Kier alpha value is -2.10. The van der Waals surface area contributed by atoms with Crippen LogP contribution in [0.5, 0.6) is 5.75 Å². The van der Waals surface area contributed by atoms with Gasteiger partial charge in [0, 0.05) is 5.56 Å². The van der Waals surface area contributed by atoms with Crippen molar-refractivity contribution in [1.82, 2.24) is 0 Å². The fourth-order valence-electron chi connectivity index (χ4n) is 1.70. The van der Waals surface area contributed by atoms with Crippen LogP contribution >= 0.6 is 0 Å². The van der Waals surface area contributed by atoms with Crippen LogP contribution in [0.15, 0.2) is 30.3 Å². The van der Waals surface area contributed by atoms with Crippen LogP contribution in [0, 0.1) is 0 Å². The van der Waals surface area contributed by atoms with Gasteiger partial charge in [-0.1, -0.05) is 44.4 Å². The van der Waals surface area contributed by atoms with Crippen LogP contribution < -0.4 is 4.74 Å². The average Bonchev–Trinajstić information content (AvgIpc) is 2.45. The summed E-state index contributed by atoms with van der Waals surface area (Å²) < 4.78 is 5.67.